The molecule has 0 spiro atoms. The number of halogens is 2. The topological polar surface area (TPSA) is 272 Å². The van der Waals surface area contributed by atoms with Crippen LogP contribution in [0.3, 0.4) is 0 Å². The van der Waals surface area contributed by atoms with Crippen molar-refractivity contribution in [1.29, 1.82) is 0 Å². The Kier molecular flexibility index (Phi) is 9.22. The molecular formula is C31H21F2N11O8. The van der Waals surface area contributed by atoms with Gasteiger partial charge in [0.2, 0.25) is 0 Å². The van der Waals surface area contributed by atoms with Crippen LogP contribution in [0.15, 0.2) is 67.3 Å². The zero-order valence-corrected chi connectivity index (χ0v) is 26.0. The maximum Gasteiger partial charge on any atom is 0.337 e. The number of fused-ring (bicyclic) bond motifs is 1. The molecule has 0 aliphatic heterocycles. The summed E-state index contributed by atoms with van der Waals surface area (Å²) in [5.74, 6) is -8.07. The van der Waals surface area contributed by atoms with Gasteiger partial charge in [0.15, 0.2) is 34.5 Å². The molecule has 0 atom stereocenters. The number of rotatable bonds is 12. The summed E-state index contributed by atoms with van der Waals surface area (Å²) < 4.78 is 37.8. The van der Waals surface area contributed by atoms with E-state index in [1.165, 1.54) is 41.4 Å². The summed E-state index contributed by atoms with van der Waals surface area (Å²) in [5, 5.41) is 42.8. The summed E-state index contributed by atoms with van der Waals surface area (Å²) in [5.41, 5.74) is 2.63. The third kappa shape index (κ3) is 7.03. The van der Waals surface area contributed by atoms with Crippen molar-refractivity contribution in [1.82, 2.24) is 39.8 Å². The van der Waals surface area contributed by atoms with Crippen LogP contribution < -0.4 is 21.1 Å². The fourth-order valence-electron chi connectivity index (χ4n) is 4.75. The number of nitrogens with one attached hydrogen (secondary N) is 2. The normalized spacial score (nSPS) is 10.9. The lowest BCUT2D eigenvalue weighted by Crippen LogP contribution is -2.19. The van der Waals surface area contributed by atoms with Crippen LogP contribution in [-0.4, -0.2) is 86.3 Å². The Morgan fingerprint density at radius 1 is 0.827 bits per heavy atom. The zero-order chi connectivity index (χ0) is 37.1. The highest BCUT2D eigenvalue weighted by atomic mass is 19.1. The second-order valence-electron chi connectivity index (χ2n) is 10.6. The number of carbonyl (C=O) groups excluding carboxylic acids is 3. The van der Waals surface area contributed by atoms with Gasteiger partial charge < -0.3 is 31.3 Å². The molecule has 3 amide bonds. The standard InChI is InChI=1S/C31H21F2N11O8/c32-17-10-15(30(48)49)21(36-29(47)20-1-3-23-26(27(34)45)40-42-44(23)41-20)9-14(17)5-8-52-24-12-22(16(31(50)51)11-18(24)33)37-28(46)19-2-4-25(39-38-19)43-7-6-35-13-43/h1-4,6-7,9-13H,5,8H2,(H2,34,45)(H,36,47)(H,37,46)(H,48,49)(H,50,51). The molecular weight excluding hydrogens is 692 g/mol. The number of aromatic carboxylic acids is 2. The quantitative estimate of drug-likeness (QED) is 0.121. The monoisotopic (exact) mass is 713 g/mol. The van der Waals surface area contributed by atoms with Gasteiger partial charge in [0, 0.05) is 24.9 Å². The fraction of sp³-hybridized carbons (Fsp3) is 0.0645. The summed E-state index contributed by atoms with van der Waals surface area (Å²) in [6.07, 6.45) is 4.28. The Bertz CT molecular complexity index is 2400. The first-order chi connectivity index (χ1) is 24.9. The molecule has 52 heavy (non-hydrogen) atoms. The van der Waals surface area contributed by atoms with Crippen molar-refractivity contribution in [2.45, 2.75) is 6.42 Å². The lowest BCUT2D eigenvalue weighted by molar-refractivity contribution is 0.0686. The Hall–Kier alpha value is -7.71. The summed E-state index contributed by atoms with van der Waals surface area (Å²) in [6, 6.07) is 8.53. The van der Waals surface area contributed by atoms with Gasteiger partial charge in [-0.2, -0.15) is 0 Å². The molecule has 4 aromatic heterocycles. The fourth-order valence-corrected chi connectivity index (χ4v) is 4.75. The molecule has 0 saturated heterocycles. The van der Waals surface area contributed by atoms with Crippen LogP contribution in [0, 0.1) is 11.6 Å². The maximum absolute atomic E-state index is 15.0. The van der Waals surface area contributed by atoms with Gasteiger partial charge in [-0.1, -0.05) is 0 Å². The van der Waals surface area contributed by atoms with Crippen molar-refractivity contribution in [3.8, 4) is 11.6 Å². The van der Waals surface area contributed by atoms with Crippen LogP contribution in [0.5, 0.6) is 5.75 Å². The summed E-state index contributed by atoms with van der Waals surface area (Å²) >= 11 is 0. The zero-order valence-electron chi connectivity index (χ0n) is 26.0. The number of carboxylic acids is 2. The van der Waals surface area contributed by atoms with Gasteiger partial charge in [0.25, 0.3) is 17.7 Å². The maximum atomic E-state index is 15.0. The van der Waals surface area contributed by atoms with E-state index in [2.05, 4.69) is 41.2 Å². The van der Waals surface area contributed by atoms with Gasteiger partial charge in [0.1, 0.15) is 17.7 Å². The predicted molar refractivity (Wildman–Crippen MR) is 170 cm³/mol. The third-order valence-electron chi connectivity index (χ3n) is 7.25. The molecule has 0 bridgehead atoms. The second kappa shape index (κ2) is 14.0. The Labute approximate surface area is 287 Å². The minimum absolute atomic E-state index is 0.106. The number of primary amides is 1. The average Bonchev–Trinajstić information content (AvgIpc) is 3.81. The number of anilines is 2. The predicted octanol–water partition coefficient (Wildman–Crippen LogP) is 2.00. The molecule has 4 heterocycles. The van der Waals surface area contributed by atoms with Gasteiger partial charge >= 0.3 is 11.9 Å². The molecule has 0 aliphatic rings. The largest absolute Gasteiger partial charge is 0.490 e. The lowest BCUT2D eigenvalue weighted by atomic mass is 10.1. The summed E-state index contributed by atoms with van der Waals surface area (Å²) in [6.45, 7) is -0.429. The average molecular weight is 714 g/mol. The van der Waals surface area contributed by atoms with Crippen LogP contribution in [0.4, 0.5) is 20.2 Å². The van der Waals surface area contributed by atoms with Crippen molar-refractivity contribution in [2.75, 3.05) is 17.2 Å². The van der Waals surface area contributed by atoms with E-state index in [1.807, 2.05) is 0 Å². The van der Waals surface area contributed by atoms with Crippen molar-refractivity contribution in [3.63, 3.8) is 0 Å². The second-order valence-corrected chi connectivity index (χ2v) is 10.6. The van der Waals surface area contributed by atoms with E-state index in [0.717, 1.165) is 16.8 Å². The SMILES string of the molecule is NC(=O)c1nnn2nc(C(=O)Nc3cc(CCOc4cc(NC(=O)c5ccc(-n6ccnc6)nn5)c(C(=O)O)cc4F)c(F)cc3C(=O)O)ccc12. The van der Waals surface area contributed by atoms with E-state index in [-0.39, 0.29) is 46.0 Å². The highest BCUT2D eigenvalue weighted by Gasteiger charge is 2.22. The molecule has 6 rings (SSSR count). The van der Waals surface area contributed by atoms with E-state index in [9.17, 15) is 38.6 Å². The van der Waals surface area contributed by atoms with Gasteiger partial charge in [-0.05, 0) is 53.2 Å². The molecule has 21 heteroatoms. The molecule has 0 radical (unpaired) electrons. The van der Waals surface area contributed by atoms with E-state index in [0.29, 0.717) is 18.0 Å². The molecule has 6 aromatic rings. The molecule has 0 saturated carbocycles. The number of aromatic nitrogens is 8. The highest BCUT2D eigenvalue weighted by molar-refractivity contribution is 6.08. The first-order valence-corrected chi connectivity index (χ1v) is 14.6. The van der Waals surface area contributed by atoms with Crippen LogP contribution in [0.25, 0.3) is 11.3 Å². The summed E-state index contributed by atoms with van der Waals surface area (Å²) in [4.78, 5) is 64.9. The van der Waals surface area contributed by atoms with E-state index in [1.54, 1.807) is 6.20 Å². The number of imidazole rings is 1. The first-order valence-electron chi connectivity index (χ1n) is 14.6. The first kappa shape index (κ1) is 34.2. The van der Waals surface area contributed by atoms with Crippen LogP contribution in [-0.2, 0) is 6.42 Å². The number of benzene rings is 2. The Morgan fingerprint density at radius 3 is 2.13 bits per heavy atom. The summed E-state index contributed by atoms with van der Waals surface area (Å²) in [7, 11) is 0. The van der Waals surface area contributed by atoms with Crippen molar-refractivity contribution >= 4 is 46.6 Å². The molecule has 2 aromatic carbocycles. The number of nitrogens with zero attached hydrogens (tertiary/aromatic N) is 8. The lowest BCUT2D eigenvalue weighted by Gasteiger charge is -2.14. The third-order valence-corrected chi connectivity index (χ3v) is 7.25. The Balaban J connectivity index is 1.18. The van der Waals surface area contributed by atoms with Crippen molar-refractivity contribution in [2.24, 2.45) is 5.73 Å². The minimum atomic E-state index is -1.57. The molecule has 0 fully saturated rings. The van der Waals surface area contributed by atoms with Gasteiger partial charge in [-0.15, -0.1) is 25.0 Å². The number of amides is 3. The van der Waals surface area contributed by atoms with E-state index in [4.69, 9.17) is 10.5 Å². The number of carboxylic acid groups (broad SMARTS) is 2. The number of carbonyl (C=O) groups is 5. The van der Waals surface area contributed by atoms with Crippen molar-refractivity contribution < 1.29 is 47.7 Å². The molecule has 19 nitrogen and oxygen atoms in total. The molecule has 6 N–H and O–H groups in total. The minimum Gasteiger partial charge on any atom is -0.490 e. The molecule has 0 aliphatic carbocycles. The van der Waals surface area contributed by atoms with Crippen molar-refractivity contribution in [3.05, 3.63) is 113 Å². The number of hydrogen-bond acceptors (Lipinski definition) is 12. The van der Waals surface area contributed by atoms with E-state index < -0.39 is 64.8 Å². The van der Waals surface area contributed by atoms with Gasteiger partial charge in [0.05, 0.1) is 29.1 Å². The highest BCUT2D eigenvalue weighted by Crippen LogP contribution is 2.28. The smallest absolute Gasteiger partial charge is 0.337 e. The van der Waals surface area contributed by atoms with Crippen LogP contribution in [0.1, 0.15) is 57.7 Å². The van der Waals surface area contributed by atoms with Crippen LogP contribution in [0.2, 0.25) is 0 Å². The molecule has 0 unspecified atom stereocenters. The Morgan fingerprint density at radius 2 is 1.50 bits per heavy atom. The number of hydrogen-bond donors (Lipinski definition) is 5. The van der Waals surface area contributed by atoms with E-state index >= 15 is 4.39 Å². The van der Waals surface area contributed by atoms with Gasteiger partial charge in [-0.25, -0.2) is 23.4 Å². The number of ether oxygens (including phenoxy) is 1. The van der Waals surface area contributed by atoms with Gasteiger partial charge in [-0.3, -0.25) is 19.0 Å². The number of nitrogens with two attached hydrogens (primary N) is 1. The van der Waals surface area contributed by atoms with Crippen LogP contribution >= 0.6 is 0 Å². The molecule has 262 valence electrons.